The summed E-state index contributed by atoms with van der Waals surface area (Å²) in [4.78, 5) is 27.7. The number of ether oxygens (including phenoxy) is 2. The van der Waals surface area contributed by atoms with E-state index in [-0.39, 0.29) is 16.9 Å². The summed E-state index contributed by atoms with van der Waals surface area (Å²) in [5, 5.41) is 5.55. The molecule has 0 aromatic heterocycles. The number of anilines is 4. The highest BCUT2D eigenvalue weighted by Crippen LogP contribution is 2.32. The van der Waals surface area contributed by atoms with E-state index in [1.165, 1.54) is 31.2 Å². The van der Waals surface area contributed by atoms with Crippen LogP contribution in [-0.2, 0) is 20.4 Å². The second-order valence-corrected chi connectivity index (χ2v) is 8.43. The van der Waals surface area contributed by atoms with Crippen molar-refractivity contribution in [2.45, 2.75) is 19.2 Å². The Kier molecular flexibility index (Phi) is 7.98. The number of rotatable bonds is 7. The van der Waals surface area contributed by atoms with E-state index in [2.05, 4.69) is 15.5 Å². The van der Waals surface area contributed by atoms with Crippen LogP contribution in [0.25, 0.3) is 0 Å². The Balaban J connectivity index is 1.38. The minimum atomic E-state index is -4.50. The van der Waals surface area contributed by atoms with Crippen molar-refractivity contribution < 1.29 is 32.2 Å². The zero-order valence-electron chi connectivity index (χ0n) is 20.0. The maximum atomic E-state index is 13.0. The van der Waals surface area contributed by atoms with Gasteiger partial charge in [0.2, 0.25) is 0 Å². The fourth-order valence-electron chi connectivity index (χ4n) is 3.80. The number of carbonyl (C=O) groups is 2. The number of carbonyl (C=O) groups excluding carboxylic acids is 2. The lowest BCUT2D eigenvalue weighted by atomic mass is 10.1. The highest BCUT2D eigenvalue weighted by atomic mass is 19.4. The number of esters is 1. The summed E-state index contributed by atoms with van der Waals surface area (Å²) in [6.45, 7) is 4.36. The molecule has 10 heteroatoms. The van der Waals surface area contributed by atoms with Gasteiger partial charge in [-0.1, -0.05) is 18.2 Å². The van der Waals surface area contributed by atoms with Crippen LogP contribution in [0, 0.1) is 0 Å². The topological polar surface area (TPSA) is 79.9 Å². The quantitative estimate of drug-likeness (QED) is 0.408. The van der Waals surface area contributed by atoms with Gasteiger partial charge >= 0.3 is 12.1 Å². The summed E-state index contributed by atoms with van der Waals surface area (Å²) < 4.78 is 49.9. The number of morpholine rings is 1. The molecule has 1 aliphatic heterocycles. The molecule has 1 saturated heterocycles. The van der Waals surface area contributed by atoms with Gasteiger partial charge in [0.1, 0.15) is 0 Å². The molecule has 4 rings (SSSR count). The molecule has 7 nitrogen and oxygen atoms in total. The smallest absolute Gasteiger partial charge is 0.416 e. The first kappa shape index (κ1) is 26.0. The Labute approximate surface area is 212 Å². The second kappa shape index (κ2) is 11.3. The van der Waals surface area contributed by atoms with Crippen LogP contribution in [0.5, 0.6) is 0 Å². The molecule has 1 fully saturated rings. The van der Waals surface area contributed by atoms with Crippen molar-refractivity contribution in [1.29, 1.82) is 0 Å². The van der Waals surface area contributed by atoms with E-state index in [0.717, 1.165) is 30.9 Å². The predicted octanol–water partition coefficient (Wildman–Crippen LogP) is 5.47. The van der Waals surface area contributed by atoms with Crippen LogP contribution >= 0.6 is 0 Å². The van der Waals surface area contributed by atoms with Gasteiger partial charge in [0, 0.05) is 30.2 Å². The van der Waals surface area contributed by atoms with Crippen molar-refractivity contribution in [2.75, 3.05) is 41.8 Å². The van der Waals surface area contributed by atoms with E-state index in [1.54, 1.807) is 24.3 Å². The number of halogens is 3. The third-order valence-electron chi connectivity index (χ3n) is 5.78. The van der Waals surface area contributed by atoms with E-state index in [0.29, 0.717) is 18.9 Å². The Morgan fingerprint density at radius 1 is 0.946 bits per heavy atom. The normalized spacial score (nSPS) is 14.5. The minimum Gasteiger partial charge on any atom is -0.449 e. The fourth-order valence-corrected chi connectivity index (χ4v) is 3.80. The zero-order chi connectivity index (χ0) is 26.4. The fraction of sp³-hybridized carbons (Fsp3) is 0.259. The Morgan fingerprint density at radius 3 is 2.35 bits per heavy atom. The van der Waals surface area contributed by atoms with Gasteiger partial charge in [0.05, 0.1) is 30.0 Å². The van der Waals surface area contributed by atoms with Gasteiger partial charge in [0.15, 0.2) is 6.10 Å². The zero-order valence-corrected chi connectivity index (χ0v) is 20.0. The van der Waals surface area contributed by atoms with Crippen molar-refractivity contribution in [3.8, 4) is 0 Å². The van der Waals surface area contributed by atoms with E-state index in [1.807, 2.05) is 12.1 Å². The van der Waals surface area contributed by atoms with Crippen LogP contribution in [0.3, 0.4) is 0 Å². The molecule has 0 spiro atoms. The van der Waals surface area contributed by atoms with Gasteiger partial charge in [-0.3, -0.25) is 4.79 Å². The molecule has 0 saturated carbocycles. The monoisotopic (exact) mass is 513 g/mol. The van der Waals surface area contributed by atoms with E-state index >= 15 is 0 Å². The summed E-state index contributed by atoms with van der Waals surface area (Å²) in [5.74, 6) is -1.31. The van der Waals surface area contributed by atoms with Crippen molar-refractivity contribution in [3.05, 3.63) is 83.9 Å². The molecule has 3 aromatic carbocycles. The molecule has 194 valence electrons. The van der Waals surface area contributed by atoms with Crippen molar-refractivity contribution in [1.82, 2.24) is 0 Å². The molecule has 1 amide bonds. The number of hydrogen-bond donors (Lipinski definition) is 2. The van der Waals surface area contributed by atoms with Gasteiger partial charge < -0.3 is 25.0 Å². The third-order valence-corrected chi connectivity index (χ3v) is 5.78. The molecule has 0 radical (unpaired) electrons. The maximum Gasteiger partial charge on any atom is 0.416 e. The van der Waals surface area contributed by atoms with Crippen LogP contribution < -0.4 is 15.5 Å². The third kappa shape index (κ3) is 6.79. The van der Waals surface area contributed by atoms with Gasteiger partial charge in [-0.2, -0.15) is 13.2 Å². The van der Waals surface area contributed by atoms with Crippen LogP contribution in [-0.4, -0.2) is 44.3 Å². The molecule has 0 unspecified atom stereocenters. The average Bonchev–Trinajstić information content (AvgIpc) is 2.89. The molecular weight excluding hydrogens is 487 g/mol. The molecular formula is C27H26F3N3O4. The Bertz CT molecular complexity index is 1240. The molecule has 0 bridgehead atoms. The summed E-state index contributed by atoms with van der Waals surface area (Å²) >= 11 is 0. The van der Waals surface area contributed by atoms with Crippen LogP contribution in [0.4, 0.5) is 35.9 Å². The minimum absolute atomic E-state index is 0.0782. The van der Waals surface area contributed by atoms with Crippen LogP contribution in [0.1, 0.15) is 22.8 Å². The lowest BCUT2D eigenvalue weighted by Crippen LogP contribution is -2.36. The molecule has 1 heterocycles. The molecule has 1 atom stereocenters. The highest BCUT2D eigenvalue weighted by molar-refractivity contribution is 6.00. The SMILES string of the molecule is C[C@H](OC(=O)c1ccccc1Nc1cccc(C(F)(F)F)c1)C(=O)Nc1ccc(N2CCOCC2)cc1. The Morgan fingerprint density at radius 2 is 1.65 bits per heavy atom. The number of nitrogens with one attached hydrogen (secondary N) is 2. The number of benzene rings is 3. The lowest BCUT2D eigenvalue weighted by molar-refractivity contribution is -0.137. The Hall–Kier alpha value is -4.05. The first-order valence-corrected chi connectivity index (χ1v) is 11.7. The van der Waals surface area contributed by atoms with Gasteiger partial charge in [-0.15, -0.1) is 0 Å². The maximum absolute atomic E-state index is 13.0. The predicted molar refractivity (Wildman–Crippen MR) is 134 cm³/mol. The van der Waals surface area contributed by atoms with Crippen molar-refractivity contribution >= 4 is 34.6 Å². The number of alkyl halides is 3. The van der Waals surface area contributed by atoms with Crippen molar-refractivity contribution in [3.63, 3.8) is 0 Å². The standard InChI is InChI=1S/C27H26F3N3O4/c1-18(25(34)32-20-9-11-22(12-10-20)33-13-15-36-16-14-33)37-26(35)23-7-2-3-8-24(23)31-21-6-4-5-19(17-21)27(28,29)30/h2-12,17-18,31H,13-16H2,1H3,(H,32,34)/t18-/m0/s1. The molecule has 1 aliphatic rings. The van der Waals surface area contributed by atoms with Gasteiger partial charge in [-0.05, 0) is 61.5 Å². The number of nitrogens with zero attached hydrogens (tertiary/aromatic N) is 1. The van der Waals surface area contributed by atoms with Crippen LogP contribution in [0.2, 0.25) is 0 Å². The molecule has 0 aliphatic carbocycles. The van der Waals surface area contributed by atoms with E-state index in [9.17, 15) is 22.8 Å². The number of para-hydroxylation sites is 1. The lowest BCUT2D eigenvalue weighted by Gasteiger charge is -2.28. The number of hydrogen-bond acceptors (Lipinski definition) is 6. The summed E-state index contributed by atoms with van der Waals surface area (Å²) in [6.07, 6.45) is -5.62. The second-order valence-electron chi connectivity index (χ2n) is 8.43. The first-order chi connectivity index (χ1) is 17.7. The van der Waals surface area contributed by atoms with E-state index < -0.39 is 29.7 Å². The average molecular weight is 514 g/mol. The largest absolute Gasteiger partial charge is 0.449 e. The van der Waals surface area contributed by atoms with E-state index in [4.69, 9.17) is 9.47 Å². The first-order valence-electron chi connectivity index (χ1n) is 11.7. The number of amides is 1. The molecule has 3 aromatic rings. The molecule has 37 heavy (non-hydrogen) atoms. The summed E-state index contributed by atoms with van der Waals surface area (Å²) in [6, 6.07) is 18.2. The highest BCUT2D eigenvalue weighted by Gasteiger charge is 2.30. The van der Waals surface area contributed by atoms with Crippen LogP contribution in [0.15, 0.2) is 72.8 Å². The molecule has 2 N–H and O–H groups in total. The van der Waals surface area contributed by atoms with Gasteiger partial charge in [0.25, 0.3) is 5.91 Å². The summed E-state index contributed by atoms with van der Waals surface area (Å²) in [5.41, 5.74) is 1.23. The van der Waals surface area contributed by atoms with Gasteiger partial charge in [-0.25, -0.2) is 4.79 Å². The van der Waals surface area contributed by atoms with Crippen molar-refractivity contribution in [2.24, 2.45) is 0 Å². The summed E-state index contributed by atoms with van der Waals surface area (Å²) in [7, 11) is 0.